The van der Waals surface area contributed by atoms with Crippen molar-refractivity contribution in [3.8, 4) is 6.07 Å². The second-order valence-electron chi connectivity index (χ2n) is 7.35. The monoisotopic (exact) mass is 338 g/mol. The van der Waals surface area contributed by atoms with E-state index in [1.807, 2.05) is 6.92 Å². The second-order valence-corrected chi connectivity index (χ2v) is 7.35. The minimum atomic E-state index is 0.361. The van der Waals surface area contributed by atoms with Crippen molar-refractivity contribution >= 4 is 23.1 Å². The number of aromatic nitrogens is 1. The summed E-state index contributed by atoms with van der Waals surface area (Å²) in [6.45, 7) is 3.54. The normalized spacial score (nSPS) is 20.4. The average Bonchev–Trinajstić information content (AvgIpc) is 3.16. The van der Waals surface area contributed by atoms with Gasteiger partial charge in [-0.2, -0.15) is 5.26 Å². The number of benzene rings is 1. The molecule has 0 amide bonds. The third-order valence-corrected chi connectivity index (χ3v) is 5.50. The molecule has 0 bridgehead atoms. The standard InChI is InChI=1S/C19H22N4O2/c1-11-14(8-20)16-18(25-19(21-16)12-4-5-12)17(15(11)10-24)23-7-6-13(9-23)22(2)3/h10,12-13H,4-7,9H2,1-3H3/t13-/m0/s1. The van der Waals surface area contributed by atoms with E-state index in [1.54, 1.807) is 0 Å². The summed E-state index contributed by atoms with van der Waals surface area (Å²) in [6.07, 6.45) is 4.05. The van der Waals surface area contributed by atoms with E-state index in [-0.39, 0.29) is 0 Å². The second kappa shape index (κ2) is 5.85. The number of rotatable bonds is 4. The van der Waals surface area contributed by atoms with Crippen LogP contribution >= 0.6 is 0 Å². The van der Waals surface area contributed by atoms with Crippen LogP contribution in [0.15, 0.2) is 4.42 Å². The van der Waals surface area contributed by atoms with Crippen LogP contribution in [0, 0.1) is 18.3 Å². The Morgan fingerprint density at radius 3 is 2.68 bits per heavy atom. The minimum absolute atomic E-state index is 0.361. The molecule has 1 aliphatic carbocycles. The summed E-state index contributed by atoms with van der Waals surface area (Å²) < 4.78 is 6.09. The van der Waals surface area contributed by atoms with Crippen molar-refractivity contribution in [1.82, 2.24) is 9.88 Å². The Bertz CT molecular complexity index is 889. The fraction of sp³-hybridized carbons (Fsp3) is 0.526. The van der Waals surface area contributed by atoms with Gasteiger partial charge in [-0.25, -0.2) is 4.98 Å². The number of hydrogen-bond donors (Lipinski definition) is 0. The van der Waals surface area contributed by atoms with Crippen LogP contribution in [0.5, 0.6) is 0 Å². The van der Waals surface area contributed by atoms with Crippen LogP contribution in [0.4, 0.5) is 5.69 Å². The van der Waals surface area contributed by atoms with Crippen LogP contribution in [0.1, 0.15) is 52.6 Å². The molecule has 1 aromatic heterocycles. The SMILES string of the molecule is Cc1c(C=O)c(N2CC[C@H](N(C)C)C2)c2oc(C3CC3)nc2c1C#N. The molecular weight excluding hydrogens is 316 g/mol. The number of anilines is 1. The third kappa shape index (κ3) is 2.50. The molecule has 0 radical (unpaired) electrons. The molecule has 6 heteroatoms. The first-order valence-electron chi connectivity index (χ1n) is 8.78. The lowest BCUT2D eigenvalue weighted by molar-refractivity contribution is 0.112. The van der Waals surface area contributed by atoms with E-state index >= 15 is 0 Å². The van der Waals surface area contributed by atoms with E-state index in [1.165, 1.54) is 0 Å². The van der Waals surface area contributed by atoms with Crippen molar-refractivity contribution in [2.24, 2.45) is 0 Å². The Morgan fingerprint density at radius 1 is 1.36 bits per heavy atom. The highest BCUT2D eigenvalue weighted by Crippen LogP contribution is 2.44. The van der Waals surface area contributed by atoms with Gasteiger partial charge in [0.2, 0.25) is 0 Å². The van der Waals surface area contributed by atoms with Gasteiger partial charge in [0.1, 0.15) is 11.6 Å². The van der Waals surface area contributed by atoms with Gasteiger partial charge in [0.25, 0.3) is 0 Å². The van der Waals surface area contributed by atoms with Gasteiger partial charge in [-0.15, -0.1) is 0 Å². The first kappa shape index (κ1) is 16.1. The summed E-state index contributed by atoms with van der Waals surface area (Å²) in [6, 6.07) is 2.66. The summed E-state index contributed by atoms with van der Waals surface area (Å²) in [5.41, 5.74) is 3.73. The van der Waals surface area contributed by atoms with E-state index in [2.05, 4.69) is 34.9 Å². The van der Waals surface area contributed by atoms with Crippen LogP contribution in [-0.2, 0) is 0 Å². The highest BCUT2D eigenvalue weighted by molar-refractivity contribution is 6.03. The number of fused-ring (bicyclic) bond motifs is 1. The Labute approximate surface area is 147 Å². The molecule has 130 valence electrons. The molecule has 6 nitrogen and oxygen atoms in total. The number of nitrogens with zero attached hydrogens (tertiary/aromatic N) is 4. The maximum atomic E-state index is 11.9. The van der Waals surface area contributed by atoms with Crippen molar-refractivity contribution in [3.63, 3.8) is 0 Å². The van der Waals surface area contributed by atoms with E-state index in [0.717, 1.165) is 44.3 Å². The first-order valence-corrected chi connectivity index (χ1v) is 8.78. The van der Waals surface area contributed by atoms with Crippen molar-refractivity contribution < 1.29 is 9.21 Å². The molecule has 1 aromatic carbocycles. The summed E-state index contributed by atoms with van der Waals surface area (Å²) in [4.78, 5) is 20.9. The zero-order valence-corrected chi connectivity index (χ0v) is 14.9. The highest BCUT2D eigenvalue weighted by Gasteiger charge is 2.34. The number of aldehydes is 1. The summed E-state index contributed by atoms with van der Waals surface area (Å²) in [5, 5.41) is 9.60. The maximum absolute atomic E-state index is 11.9. The van der Waals surface area contributed by atoms with E-state index in [9.17, 15) is 10.1 Å². The molecule has 2 fully saturated rings. The van der Waals surface area contributed by atoms with Crippen molar-refractivity contribution in [2.75, 3.05) is 32.1 Å². The number of likely N-dealkylation sites (N-methyl/N-ethyl adjacent to an activating group) is 1. The minimum Gasteiger partial charge on any atom is -0.438 e. The topological polar surface area (TPSA) is 73.4 Å². The molecule has 1 aliphatic heterocycles. The number of carbonyl (C=O) groups excluding carboxylic acids is 1. The Kier molecular flexibility index (Phi) is 3.77. The van der Waals surface area contributed by atoms with Gasteiger partial charge < -0.3 is 14.2 Å². The predicted molar refractivity (Wildman–Crippen MR) is 95.1 cm³/mol. The molecular formula is C19H22N4O2. The van der Waals surface area contributed by atoms with Gasteiger partial charge in [-0.05, 0) is 45.8 Å². The van der Waals surface area contributed by atoms with Crippen LogP contribution in [0.25, 0.3) is 11.1 Å². The number of nitriles is 1. The zero-order valence-electron chi connectivity index (χ0n) is 14.9. The molecule has 1 saturated heterocycles. The average molecular weight is 338 g/mol. The molecule has 0 N–H and O–H groups in total. The Morgan fingerprint density at radius 2 is 2.12 bits per heavy atom. The Balaban J connectivity index is 1.92. The van der Waals surface area contributed by atoms with E-state index in [4.69, 9.17) is 4.42 Å². The van der Waals surface area contributed by atoms with Crippen LogP contribution in [0.3, 0.4) is 0 Å². The summed E-state index contributed by atoms with van der Waals surface area (Å²) in [7, 11) is 4.15. The van der Waals surface area contributed by atoms with Crippen molar-refractivity contribution in [1.29, 1.82) is 5.26 Å². The van der Waals surface area contributed by atoms with Gasteiger partial charge in [-0.1, -0.05) is 0 Å². The van der Waals surface area contributed by atoms with Gasteiger partial charge in [0.05, 0.1) is 11.3 Å². The lowest BCUT2D eigenvalue weighted by Gasteiger charge is -2.24. The van der Waals surface area contributed by atoms with Crippen LogP contribution in [-0.4, -0.2) is 49.4 Å². The molecule has 0 unspecified atom stereocenters. The zero-order chi connectivity index (χ0) is 17.7. The number of hydrogen-bond acceptors (Lipinski definition) is 6. The van der Waals surface area contributed by atoms with Gasteiger partial charge in [-0.3, -0.25) is 4.79 Å². The van der Waals surface area contributed by atoms with E-state index in [0.29, 0.717) is 45.6 Å². The molecule has 25 heavy (non-hydrogen) atoms. The third-order valence-electron chi connectivity index (χ3n) is 5.50. The molecule has 2 aromatic rings. The first-order chi connectivity index (χ1) is 12.0. The summed E-state index contributed by atoms with van der Waals surface area (Å²) in [5.74, 6) is 1.07. The molecule has 4 rings (SSSR count). The lowest BCUT2D eigenvalue weighted by atomic mass is 9.99. The smallest absolute Gasteiger partial charge is 0.198 e. The quantitative estimate of drug-likeness (QED) is 0.798. The molecule has 2 heterocycles. The Hall–Kier alpha value is -2.39. The van der Waals surface area contributed by atoms with Crippen LogP contribution < -0.4 is 4.90 Å². The highest BCUT2D eigenvalue weighted by atomic mass is 16.4. The van der Waals surface area contributed by atoms with Gasteiger partial charge in [0.15, 0.2) is 17.8 Å². The van der Waals surface area contributed by atoms with E-state index < -0.39 is 0 Å². The van der Waals surface area contributed by atoms with Crippen molar-refractivity contribution in [2.45, 2.75) is 38.1 Å². The maximum Gasteiger partial charge on any atom is 0.198 e. The predicted octanol–water partition coefficient (Wildman–Crippen LogP) is 2.84. The lowest BCUT2D eigenvalue weighted by Crippen LogP contribution is -2.32. The van der Waals surface area contributed by atoms with Gasteiger partial charge >= 0.3 is 0 Å². The fourth-order valence-corrected chi connectivity index (χ4v) is 3.75. The molecule has 0 spiro atoms. The molecule has 1 saturated carbocycles. The fourth-order valence-electron chi connectivity index (χ4n) is 3.75. The molecule has 2 aliphatic rings. The van der Waals surface area contributed by atoms with Crippen LogP contribution in [0.2, 0.25) is 0 Å². The van der Waals surface area contributed by atoms with Gasteiger partial charge in [0, 0.05) is 30.6 Å². The van der Waals surface area contributed by atoms with Crippen molar-refractivity contribution in [3.05, 3.63) is 22.6 Å². The number of oxazole rings is 1. The molecule has 1 atom stereocenters. The summed E-state index contributed by atoms with van der Waals surface area (Å²) >= 11 is 0. The number of carbonyl (C=O) groups is 1. The largest absolute Gasteiger partial charge is 0.438 e.